The standard InChI is InChI=1S/C20H36O2/c1-3-5-6-7-8-9-10-11-12-13-14-15-16-17-18-19-20(21)22-4-2/h2H,3,5-19H2,1H3. The molecule has 0 heterocycles. The van der Waals surface area contributed by atoms with E-state index in [0.717, 1.165) is 12.8 Å². The second-order valence-electron chi connectivity index (χ2n) is 6.29. The average Bonchev–Trinajstić information content (AvgIpc) is 2.51. The lowest BCUT2D eigenvalue weighted by Gasteiger charge is -2.03. The predicted molar refractivity (Wildman–Crippen MR) is 94.5 cm³/mol. The van der Waals surface area contributed by atoms with Crippen molar-refractivity contribution in [3.63, 3.8) is 0 Å². The van der Waals surface area contributed by atoms with Crippen LogP contribution in [0.5, 0.6) is 0 Å². The Morgan fingerprint density at radius 3 is 1.45 bits per heavy atom. The second-order valence-corrected chi connectivity index (χ2v) is 6.29. The Hall–Kier alpha value is -0.970. The van der Waals surface area contributed by atoms with Gasteiger partial charge in [-0.3, -0.25) is 4.79 Å². The van der Waals surface area contributed by atoms with Crippen LogP contribution in [0.15, 0.2) is 0 Å². The summed E-state index contributed by atoms with van der Waals surface area (Å²) < 4.78 is 4.45. The molecule has 0 saturated heterocycles. The molecule has 0 bridgehead atoms. The third-order valence-electron chi connectivity index (χ3n) is 4.16. The monoisotopic (exact) mass is 308 g/mol. The largest absolute Gasteiger partial charge is 0.372 e. The van der Waals surface area contributed by atoms with Crippen LogP contribution in [0.2, 0.25) is 0 Å². The summed E-state index contributed by atoms with van der Waals surface area (Å²) in [5, 5.41) is 0. The molecule has 2 heteroatoms. The maximum Gasteiger partial charge on any atom is 0.319 e. The summed E-state index contributed by atoms with van der Waals surface area (Å²) in [6, 6.07) is 0. The van der Waals surface area contributed by atoms with Gasteiger partial charge in [0.15, 0.2) is 0 Å². The number of esters is 1. The first-order chi connectivity index (χ1) is 10.8. The van der Waals surface area contributed by atoms with Gasteiger partial charge in [-0.25, -0.2) is 0 Å². The van der Waals surface area contributed by atoms with Gasteiger partial charge in [0, 0.05) is 6.42 Å². The highest BCUT2D eigenvalue weighted by Gasteiger charge is 2.00. The van der Waals surface area contributed by atoms with Gasteiger partial charge in [0.05, 0.1) is 0 Å². The van der Waals surface area contributed by atoms with Gasteiger partial charge < -0.3 is 4.74 Å². The predicted octanol–water partition coefficient (Wildman–Crippen LogP) is 6.38. The van der Waals surface area contributed by atoms with Gasteiger partial charge in [-0.05, 0) is 6.42 Å². The molecule has 0 fully saturated rings. The number of carbonyl (C=O) groups is 1. The molecule has 2 nitrogen and oxygen atoms in total. The molecule has 0 spiro atoms. The highest BCUT2D eigenvalue weighted by atomic mass is 16.5. The van der Waals surface area contributed by atoms with Gasteiger partial charge >= 0.3 is 5.97 Å². The van der Waals surface area contributed by atoms with Gasteiger partial charge in [0.1, 0.15) is 6.11 Å². The smallest absolute Gasteiger partial charge is 0.319 e. The number of hydrogen-bond acceptors (Lipinski definition) is 2. The SMILES string of the molecule is C#COC(=O)CCCCCCCCCCCCCCCCC. The number of carbonyl (C=O) groups excluding carboxylic acids is 1. The fraction of sp³-hybridized carbons (Fsp3) is 0.850. The van der Waals surface area contributed by atoms with Crippen LogP contribution in [-0.2, 0) is 9.53 Å². The van der Waals surface area contributed by atoms with Crippen molar-refractivity contribution in [3.05, 3.63) is 0 Å². The van der Waals surface area contributed by atoms with Crippen molar-refractivity contribution in [2.24, 2.45) is 0 Å². The van der Waals surface area contributed by atoms with Crippen LogP contribution < -0.4 is 0 Å². The zero-order valence-corrected chi connectivity index (χ0v) is 14.7. The van der Waals surface area contributed by atoms with Gasteiger partial charge in [0.2, 0.25) is 0 Å². The minimum absolute atomic E-state index is 0.266. The van der Waals surface area contributed by atoms with Crippen LogP contribution in [-0.4, -0.2) is 5.97 Å². The van der Waals surface area contributed by atoms with Crippen molar-refractivity contribution < 1.29 is 9.53 Å². The molecule has 22 heavy (non-hydrogen) atoms. The Kier molecular flexibility index (Phi) is 17.3. The van der Waals surface area contributed by atoms with Crippen molar-refractivity contribution in [1.29, 1.82) is 0 Å². The number of rotatable bonds is 16. The number of ether oxygens (including phenoxy) is 1. The molecule has 0 N–H and O–H groups in total. The van der Waals surface area contributed by atoms with Crippen LogP contribution in [0, 0.1) is 12.5 Å². The van der Waals surface area contributed by atoms with E-state index in [-0.39, 0.29) is 5.97 Å². The molecule has 0 unspecified atom stereocenters. The van der Waals surface area contributed by atoms with Crippen LogP contribution >= 0.6 is 0 Å². The summed E-state index contributed by atoms with van der Waals surface area (Å²) in [4.78, 5) is 11.0. The molecular formula is C20H36O2. The van der Waals surface area contributed by atoms with E-state index < -0.39 is 0 Å². The highest BCUT2D eigenvalue weighted by molar-refractivity contribution is 5.70. The molecule has 0 aliphatic heterocycles. The molecule has 0 amide bonds. The van der Waals surface area contributed by atoms with Crippen molar-refractivity contribution in [3.8, 4) is 12.5 Å². The Morgan fingerprint density at radius 2 is 1.09 bits per heavy atom. The number of hydrogen-bond donors (Lipinski definition) is 0. The normalized spacial score (nSPS) is 10.4. The van der Waals surface area contributed by atoms with E-state index in [1.165, 1.54) is 83.5 Å². The van der Waals surface area contributed by atoms with Crippen molar-refractivity contribution in [1.82, 2.24) is 0 Å². The molecule has 0 aromatic carbocycles. The first-order valence-corrected chi connectivity index (χ1v) is 9.46. The topological polar surface area (TPSA) is 26.3 Å². The van der Waals surface area contributed by atoms with Gasteiger partial charge in [-0.1, -0.05) is 103 Å². The van der Waals surface area contributed by atoms with Crippen molar-refractivity contribution >= 4 is 5.97 Å². The fourth-order valence-electron chi connectivity index (χ4n) is 2.76. The number of unbranched alkanes of at least 4 members (excludes halogenated alkanes) is 14. The summed E-state index contributed by atoms with van der Waals surface area (Å²) in [7, 11) is 0. The van der Waals surface area contributed by atoms with E-state index in [9.17, 15) is 4.79 Å². The van der Waals surface area contributed by atoms with E-state index in [1.807, 2.05) is 6.11 Å². The molecule has 0 radical (unpaired) electrons. The minimum Gasteiger partial charge on any atom is -0.372 e. The lowest BCUT2D eigenvalue weighted by molar-refractivity contribution is -0.136. The minimum atomic E-state index is -0.266. The molecule has 0 aromatic rings. The molecular weight excluding hydrogens is 272 g/mol. The van der Waals surface area contributed by atoms with Crippen molar-refractivity contribution in [2.45, 2.75) is 110 Å². The molecule has 0 saturated carbocycles. The summed E-state index contributed by atoms with van der Waals surface area (Å²) in [5.41, 5.74) is 0. The molecule has 0 rings (SSSR count). The molecule has 128 valence electrons. The summed E-state index contributed by atoms with van der Waals surface area (Å²) >= 11 is 0. The Morgan fingerprint density at radius 1 is 0.727 bits per heavy atom. The first kappa shape index (κ1) is 21.0. The summed E-state index contributed by atoms with van der Waals surface area (Å²) in [5.74, 6) is -0.266. The van der Waals surface area contributed by atoms with E-state index in [2.05, 4.69) is 11.7 Å². The molecule has 0 aromatic heterocycles. The van der Waals surface area contributed by atoms with Gasteiger partial charge in [0.25, 0.3) is 0 Å². The third kappa shape index (κ3) is 17.1. The van der Waals surface area contributed by atoms with Crippen LogP contribution in [0.1, 0.15) is 110 Å². The van der Waals surface area contributed by atoms with Gasteiger partial charge in [-0.2, -0.15) is 0 Å². The lowest BCUT2D eigenvalue weighted by atomic mass is 10.0. The zero-order valence-electron chi connectivity index (χ0n) is 14.7. The fourth-order valence-corrected chi connectivity index (χ4v) is 2.76. The van der Waals surface area contributed by atoms with E-state index in [1.54, 1.807) is 0 Å². The van der Waals surface area contributed by atoms with E-state index in [0.29, 0.717) is 6.42 Å². The van der Waals surface area contributed by atoms with Crippen LogP contribution in [0.3, 0.4) is 0 Å². The van der Waals surface area contributed by atoms with E-state index >= 15 is 0 Å². The van der Waals surface area contributed by atoms with Crippen molar-refractivity contribution in [2.75, 3.05) is 0 Å². The Bertz CT molecular complexity index is 278. The second kappa shape index (κ2) is 18.1. The lowest BCUT2D eigenvalue weighted by Crippen LogP contribution is -1.98. The summed E-state index contributed by atoms with van der Waals surface area (Å²) in [6.07, 6.45) is 27.2. The maximum absolute atomic E-state index is 11.0. The molecule has 0 atom stereocenters. The third-order valence-corrected chi connectivity index (χ3v) is 4.16. The first-order valence-electron chi connectivity index (χ1n) is 9.46. The molecule has 0 aliphatic carbocycles. The summed E-state index contributed by atoms with van der Waals surface area (Å²) in [6.45, 7) is 2.27. The average molecular weight is 309 g/mol. The Balaban J connectivity index is 3.03. The number of terminal acetylenes is 1. The van der Waals surface area contributed by atoms with E-state index in [4.69, 9.17) is 6.42 Å². The quantitative estimate of drug-likeness (QED) is 0.188. The van der Waals surface area contributed by atoms with Crippen LogP contribution in [0.4, 0.5) is 0 Å². The van der Waals surface area contributed by atoms with Gasteiger partial charge in [-0.15, -0.1) is 0 Å². The maximum atomic E-state index is 11.0. The van der Waals surface area contributed by atoms with Crippen LogP contribution in [0.25, 0.3) is 0 Å². The zero-order chi connectivity index (χ0) is 16.3. The highest BCUT2D eigenvalue weighted by Crippen LogP contribution is 2.13. The molecule has 0 aliphatic rings. The Labute approximate surface area is 138 Å².